The van der Waals surface area contributed by atoms with Crippen molar-refractivity contribution in [1.29, 1.82) is 0 Å². The van der Waals surface area contributed by atoms with Crippen LogP contribution in [-0.4, -0.2) is 26.6 Å². The zero-order valence-corrected chi connectivity index (χ0v) is 15.1. The van der Waals surface area contributed by atoms with Crippen LogP contribution in [0.2, 0.25) is 0 Å². The van der Waals surface area contributed by atoms with Crippen LogP contribution in [0.3, 0.4) is 0 Å². The lowest BCUT2D eigenvalue weighted by Gasteiger charge is -2.24. The highest BCUT2D eigenvalue weighted by molar-refractivity contribution is 7.84. The minimum absolute atomic E-state index is 0.00966. The summed E-state index contributed by atoms with van der Waals surface area (Å²) in [4.78, 5) is 12.4. The summed E-state index contributed by atoms with van der Waals surface area (Å²) in [6.45, 7) is 7.32. The summed E-state index contributed by atoms with van der Waals surface area (Å²) in [6.07, 6.45) is 0. The zero-order chi connectivity index (χ0) is 17.9. The van der Waals surface area contributed by atoms with Crippen LogP contribution in [0.15, 0.2) is 36.4 Å². The summed E-state index contributed by atoms with van der Waals surface area (Å²) in [7, 11) is -1.50. The third-order valence-corrected chi connectivity index (χ3v) is 5.11. The van der Waals surface area contributed by atoms with Gasteiger partial charge >= 0.3 is 5.97 Å². The fourth-order valence-electron chi connectivity index (χ4n) is 2.25. The van der Waals surface area contributed by atoms with Crippen LogP contribution in [0, 0.1) is 0 Å². The Kier molecular flexibility index (Phi) is 5.62. The van der Waals surface area contributed by atoms with E-state index >= 15 is 0 Å². The maximum absolute atomic E-state index is 12.4. The molecule has 5 nitrogen and oxygen atoms in total. The van der Waals surface area contributed by atoms with Crippen molar-refractivity contribution in [3.05, 3.63) is 42.0 Å². The number of phenolic OH excluding ortho intramolecular Hbond substituents is 1. The molecular weight excluding hydrogens is 326 g/mol. The van der Waals surface area contributed by atoms with Gasteiger partial charge in [0.25, 0.3) is 0 Å². The first-order valence-corrected chi connectivity index (χ1v) is 8.96. The van der Waals surface area contributed by atoms with Crippen LogP contribution in [0.25, 0.3) is 10.8 Å². The van der Waals surface area contributed by atoms with Crippen LogP contribution < -0.4 is 4.72 Å². The average molecular weight is 349 g/mol. The molecule has 0 spiro atoms. The molecule has 0 bridgehead atoms. The standard InChI is InChI=1S/C18H23NO4S/c1-5-23-17(21)15(19-24(22)18(2,3)4)14-11-10-12-8-6-7-9-13(12)16(14)20/h6-11,15,19-20H,5H2,1-4H3/t15-,24-/m1/s1. The quantitative estimate of drug-likeness (QED) is 0.813. The molecule has 0 heterocycles. The average Bonchev–Trinajstić information content (AvgIpc) is 2.53. The first kappa shape index (κ1) is 18.4. The number of carbonyl (C=O) groups is 1. The molecule has 2 rings (SSSR count). The van der Waals surface area contributed by atoms with Crippen molar-refractivity contribution in [2.75, 3.05) is 6.61 Å². The number of fused-ring (bicyclic) bond motifs is 1. The van der Waals surface area contributed by atoms with Gasteiger partial charge in [-0.05, 0) is 33.1 Å². The summed E-state index contributed by atoms with van der Waals surface area (Å²) in [5, 5.41) is 12.1. The number of aromatic hydroxyl groups is 1. The fourth-order valence-corrected chi connectivity index (χ4v) is 3.04. The predicted octanol–water partition coefficient (Wildman–Crippen LogP) is 3.20. The van der Waals surface area contributed by atoms with E-state index in [2.05, 4.69) is 4.72 Å². The lowest BCUT2D eigenvalue weighted by atomic mass is 10.0. The third kappa shape index (κ3) is 3.94. The second kappa shape index (κ2) is 7.32. The van der Waals surface area contributed by atoms with Crippen molar-refractivity contribution in [3.63, 3.8) is 0 Å². The Morgan fingerprint density at radius 3 is 2.54 bits per heavy atom. The monoisotopic (exact) mass is 349 g/mol. The van der Waals surface area contributed by atoms with Crippen molar-refractivity contribution >= 4 is 27.7 Å². The van der Waals surface area contributed by atoms with E-state index in [9.17, 15) is 14.1 Å². The minimum Gasteiger partial charge on any atom is -0.507 e. The van der Waals surface area contributed by atoms with Crippen molar-refractivity contribution < 1.29 is 18.8 Å². The second-order valence-corrected chi connectivity index (χ2v) is 8.41. The van der Waals surface area contributed by atoms with Gasteiger partial charge in [0.15, 0.2) is 0 Å². The zero-order valence-electron chi connectivity index (χ0n) is 14.3. The number of benzene rings is 2. The molecular formula is C18H23NO4S. The highest BCUT2D eigenvalue weighted by atomic mass is 32.2. The largest absolute Gasteiger partial charge is 0.507 e. The molecule has 6 heteroatoms. The molecule has 2 N–H and O–H groups in total. The molecule has 130 valence electrons. The second-order valence-electron chi connectivity index (χ2n) is 6.41. The van der Waals surface area contributed by atoms with Gasteiger partial charge in [0.05, 0.1) is 22.3 Å². The highest BCUT2D eigenvalue weighted by Crippen LogP contribution is 2.33. The summed E-state index contributed by atoms with van der Waals surface area (Å²) >= 11 is 0. The van der Waals surface area contributed by atoms with E-state index in [-0.39, 0.29) is 12.4 Å². The van der Waals surface area contributed by atoms with Crippen LogP contribution in [0.5, 0.6) is 5.75 Å². The lowest BCUT2D eigenvalue weighted by Crippen LogP contribution is -2.39. The summed E-state index contributed by atoms with van der Waals surface area (Å²) in [5.41, 5.74) is 0.352. The normalized spacial score (nSPS) is 14.3. The third-order valence-electron chi connectivity index (χ3n) is 3.55. The molecule has 0 radical (unpaired) electrons. The molecule has 2 atom stereocenters. The first-order chi connectivity index (χ1) is 11.3. The maximum Gasteiger partial charge on any atom is 0.328 e. The summed E-state index contributed by atoms with van der Waals surface area (Å²) in [6, 6.07) is 9.80. The molecule has 0 saturated carbocycles. The van der Waals surface area contributed by atoms with Gasteiger partial charge in [0, 0.05) is 10.9 Å². The number of rotatable bonds is 5. The van der Waals surface area contributed by atoms with Crippen molar-refractivity contribution in [2.24, 2.45) is 0 Å². The van der Waals surface area contributed by atoms with Gasteiger partial charge in [-0.25, -0.2) is 13.7 Å². The van der Waals surface area contributed by atoms with Crippen LogP contribution in [-0.2, 0) is 20.5 Å². The highest BCUT2D eigenvalue weighted by Gasteiger charge is 2.31. The van der Waals surface area contributed by atoms with Gasteiger partial charge in [-0.1, -0.05) is 36.4 Å². The Hall–Kier alpha value is -1.92. The Labute approximate surface area is 144 Å². The van der Waals surface area contributed by atoms with E-state index in [1.807, 2.05) is 24.3 Å². The van der Waals surface area contributed by atoms with Crippen LogP contribution in [0.4, 0.5) is 0 Å². The topological polar surface area (TPSA) is 75.6 Å². The van der Waals surface area contributed by atoms with E-state index in [4.69, 9.17) is 4.74 Å². The number of esters is 1. The number of phenols is 1. The van der Waals surface area contributed by atoms with Crippen LogP contribution in [0.1, 0.15) is 39.3 Å². The van der Waals surface area contributed by atoms with Gasteiger partial charge < -0.3 is 9.84 Å². The van der Waals surface area contributed by atoms with E-state index < -0.39 is 27.7 Å². The van der Waals surface area contributed by atoms with Gasteiger partial charge in [-0.3, -0.25) is 0 Å². The Morgan fingerprint density at radius 1 is 1.25 bits per heavy atom. The fraction of sp³-hybridized carbons (Fsp3) is 0.389. The molecule has 0 aromatic heterocycles. The molecule has 2 aromatic rings. The number of nitrogens with one attached hydrogen (secondary N) is 1. The predicted molar refractivity (Wildman–Crippen MR) is 96.0 cm³/mol. The van der Waals surface area contributed by atoms with Gasteiger partial charge in [-0.15, -0.1) is 0 Å². The van der Waals surface area contributed by atoms with E-state index in [1.54, 1.807) is 39.8 Å². The number of hydrogen-bond acceptors (Lipinski definition) is 4. The van der Waals surface area contributed by atoms with Crippen molar-refractivity contribution in [2.45, 2.75) is 38.5 Å². The molecule has 0 unspecified atom stereocenters. The Bertz CT molecular complexity index is 767. The minimum atomic E-state index is -1.50. The SMILES string of the molecule is CCOC(=O)[C@H](N[S@](=O)C(C)(C)C)c1ccc2ccccc2c1O. The van der Waals surface area contributed by atoms with E-state index in [1.165, 1.54) is 0 Å². The lowest BCUT2D eigenvalue weighted by molar-refractivity contribution is -0.145. The van der Waals surface area contributed by atoms with Gasteiger partial charge in [0.1, 0.15) is 11.8 Å². The van der Waals surface area contributed by atoms with Crippen molar-refractivity contribution in [1.82, 2.24) is 4.72 Å². The van der Waals surface area contributed by atoms with Crippen LogP contribution >= 0.6 is 0 Å². The molecule has 0 saturated heterocycles. The first-order valence-electron chi connectivity index (χ1n) is 7.81. The van der Waals surface area contributed by atoms with Gasteiger partial charge in [0.2, 0.25) is 0 Å². The smallest absolute Gasteiger partial charge is 0.328 e. The Balaban J connectivity index is 2.49. The molecule has 0 aliphatic rings. The Morgan fingerprint density at radius 2 is 1.92 bits per heavy atom. The molecule has 0 aliphatic carbocycles. The molecule has 0 fully saturated rings. The summed E-state index contributed by atoms with van der Waals surface area (Å²) in [5.74, 6) is -0.578. The number of carbonyl (C=O) groups excluding carboxylic acids is 1. The number of hydrogen-bond donors (Lipinski definition) is 2. The molecule has 24 heavy (non-hydrogen) atoms. The number of ether oxygens (including phenoxy) is 1. The van der Waals surface area contributed by atoms with Crippen molar-refractivity contribution in [3.8, 4) is 5.75 Å². The molecule has 0 amide bonds. The van der Waals surface area contributed by atoms with E-state index in [0.29, 0.717) is 10.9 Å². The maximum atomic E-state index is 12.4. The van der Waals surface area contributed by atoms with Gasteiger partial charge in [-0.2, -0.15) is 0 Å². The summed E-state index contributed by atoms with van der Waals surface area (Å²) < 4.78 is 19.8. The van der Waals surface area contributed by atoms with E-state index in [0.717, 1.165) is 5.39 Å². The molecule has 0 aliphatic heterocycles. The molecule has 2 aromatic carbocycles.